The Morgan fingerprint density at radius 2 is 1.81 bits per heavy atom. The Kier molecular flexibility index (Phi) is 13.1. The number of hydrogen-bond donors (Lipinski definition) is 0. The van der Waals surface area contributed by atoms with Gasteiger partial charge in [-0.25, -0.2) is 0 Å². The molecule has 270 valence electrons. The molecule has 0 aromatic heterocycles. The highest BCUT2D eigenvalue weighted by Gasteiger charge is 2.72. The predicted octanol–water partition coefficient (Wildman–Crippen LogP) is 4.27. The summed E-state index contributed by atoms with van der Waals surface area (Å²) in [6.45, 7) is 12.4. The molecule has 0 N–H and O–H groups in total. The second kappa shape index (κ2) is 16.3. The van der Waals surface area contributed by atoms with Crippen molar-refractivity contribution in [2.24, 2.45) is 11.3 Å². The van der Waals surface area contributed by atoms with Gasteiger partial charge in [-0.2, -0.15) is 11.8 Å². The van der Waals surface area contributed by atoms with Crippen molar-refractivity contribution in [2.75, 3.05) is 45.0 Å². The Bertz CT molecular complexity index is 1240. The van der Waals surface area contributed by atoms with Crippen molar-refractivity contribution in [2.45, 2.75) is 128 Å². The van der Waals surface area contributed by atoms with E-state index in [1.54, 1.807) is 32.8 Å². The number of methoxy groups -OCH3 is 1. The number of likely N-dealkylation sites (tertiary alicyclic amines) is 1. The second-order valence-electron chi connectivity index (χ2n) is 15.2. The van der Waals surface area contributed by atoms with E-state index in [0.29, 0.717) is 44.6 Å². The molecule has 1 saturated carbocycles. The molecule has 3 heterocycles. The zero-order chi connectivity index (χ0) is 35.3. The molecular weight excluding hydrogens is 638 g/mol. The summed E-state index contributed by atoms with van der Waals surface area (Å²) in [7, 11) is 1.62. The molecule has 48 heavy (non-hydrogen) atoms. The third-order valence-electron chi connectivity index (χ3n) is 10.1. The summed E-state index contributed by atoms with van der Waals surface area (Å²) in [6, 6.07) is -0.477. The van der Waals surface area contributed by atoms with Gasteiger partial charge >= 0.3 is 5.97 Å². The van der Waals surface area contributed by atoms with Gasteiger partial charge in [-0.15, -0.1) is 0 Å². The van der Waals surface area contributed by atoms with Crippen molar-refractivity contribution in [3.8, 4) is 0 Å². The molecule has 4 fully saturated rings. The molecule has 0 aromatic carbocycles. The van der Waals surface area contributed by atoms with Gasteiger partial charge in [0.05, 0.1) is 30.4 Å². The highest BCUT2D eigenvalue weighted by Crippen LogP contribution is 2.59. The molecule has 3 aliphatic heterocycles. The molecule has 4 rings (SSSR count). The molecule has 1 amide bonds. The maximum absolute atomic E-state index is 12.9. The number of nitrogens with zero attached hydrogens (tertiary/aromatic N) is 1. The third kappa shape index (κ3) is 9.77. The number of amides is 1. The van der Waals surface area contributed by atoms with Gasteiger partial charge in [-0.05, 0) is 65.0 Å². The Hall–Kier alpha value is -2.12. The van der Waals surface area contributed by atoms with Gasteiger partial charge in [-0.3, -0.25) is 24.0 Å². The number of rotatable bonds is 18. The van der Waals surface area contributed by atoms with E-state index in [9.17, 15) is 24.0 Å². The molecule has 0 aromatic rings. The summed E-state index contributed by atoms with van der Waals surface area (Å²) in [5, 5.41) is 0. The Morgan fingerprint density at radius 1 is 1.08 bits per heavy atom. The number of epoxide rings is 2. The van der Waals surface area contributed by atoms with Crippen molar-refractivity contribution in [1.82, 2.24) is 4.90 Å². The SMILES string of the molecule is CO[C@@H]1[C@H](OC(=O)CC(=O)CSCCCC(=O)C2CCCN2C(=O)COCC(=O)C(C)(C)C)CC[C@]2(CO2)[C@H]1[C@@]1(C)O[C@@H]1CC=C(C)C. The lowest BCUT2D eigenvalue weighted by Crippen LogP contribution is -2.55. The van der Waals surface area contributed by atoms with Crippen LogP contribution in [0.25, 0.3) is 0 Å². The lowest BCUT2D eigenvalue weighted by Gasteiger charge is -2.42. The molecule has 7 atom stereocenters. The maximum Gasteiger partial charge on any atom is 0.313 e. The van der Waals surface area contributed by atoms with Crippen LogP contribution in [-0.4, -0.2) is 115 Å². The zero-order valence-corrected chi connectivity index (χ0v) is 30.6. The molecule has 1 unspecified atom stereocenters. The molecule has 3 saturated heterocycles. The zero-order valence-electron chi connectivity index (χ0n) is 29.8. The topological polar surface area (TPSA) is 141 Å². The van der Waals surface area contributed by atoms with E-state index in [2.05, 4.69) is 26.8 Å². The largest absolute Gasteiger partial charge is 0.459 e. The van der Waals surface area contributed by atoms with Gasteiger partial charge in [0, 0.05) is 25.5 Å². The first-order valence-corrected chi connectivity index (χ1v) is 18.5. The van der Waals surface area contributed by atoms with E-state index in [0.717, 1.165) is 19.3 Å². The Morgan fingerprint density at radius 3 is 2.46 bits per heavy atom. The quantitative estimate of drug-likeness (QED) is 0.0668. The smallest absolute Gasteiger partial charge is 0.313 e. The summed E-state index contributed by atoms with van der Waals surface area (Å²) in [6.07, 6.45) is 5.39. The van der Waals surface area contributed by atoms with Crippen LogP contribution in [0, 0.1) is 11.3 Å². The number of carbonyl (C=O) groups excluding carboxylic acids is 5. The van der Waals surface area contributed by atoms with Crippen molar-refractivity contribution < 1.29 is 47.7 Å². The van der Waals surface area contributed by atoms with E-state index in [-0.39, 0.29) is 66.3 Å². The van der Waals surface area contributed by atoms with Crippen LogP contribution in [0.15, 0.2) is 11.6 Å². The number of Topliss-reactive ketones (excluding diaryl/α,β-unsaturated/α-hetero) is 3. The van der Waals surface area contributed by atoms with E-state index in [1.807, 2.05) is 0 Å². The van der Waals surface area contributed by atoms with Crippen molar-refractivity contribution in [3.05, 3.63) is 11.6 Å². The van der Waals surface area contributed by atoms with E-state index in [4.69, 9.17) is 23.7 Å². The molecular formula is C36H55NO10S. The minimum absolute atomic E-state index is 0.00676. The van der Waals surface area contributed by atoms with Crippen LogP contribution < -0.4 is 0 Å². The van der Waals surface area contributed by atoms with Crippen LogP contribution in [0.5, 0.6) is 0 Å². The fourth-order valence-corrected chi connectivity index (χ4v) is 7.95. The first-order valence-electron chi connectivity index (χ1n) is 17.3. The predicted molar refractivity (Wildman–Crippen MR) is 181 cm³/mol. The average Bonchev–Trinajstić information content (AvgIpc) is 3.86. The molecule has 12 heteroatoms. The van der Waals surface area contributed by atoms with Crippen molar-refractivity contribution in [1.29, 1.82) is 0 Å². The van der Waals surface area contributed by atoms with Crippen LogP contribution in [0.2, 0.25) is 0 Å². The number of allylic oxidation sites excluding steroid dienone is 1. The number of hydrogen-bond acceptors (Lipinski definition) is 11. The first kappa shape index (κ1) is 38.7. The van der Waals surface area contributed by atoms with E-state index < -0.39 is 35.2 Å². The second-order valence-corrected chi connectivity index (χ2v) is 16.3. The number of ether oxygens (including phenoxy) is 5. The fourth-order valence-electron chi connectivity index (χ4n) is 7.12. The van der Waals surface area contributed by atoms with Gasteiger partial charge in [0.2, 0.25) is 5.91 Å². The van der Waals surface area contributed by atoms with E-state index in [1.165, 1.54) is 17.3 Å². The maximum atomic E-state index is 12.9. The minimum Gasteiger partial charge on any atom is -0.459 e. The van der Waals surface area contributed by atoms with Crippen LogP contribution in [0.1, 0.15) is 92.9 Å². The van der Waals surface area contributed by atoms with Crippen molar-refractivity contribution in [3.63, 3.8) is 0 Å². The fraction of sp³-hybridized carbons (Fsp3) is 0.806. The summed E-state index contributed by atoms with van der Waals surface area (Å²) in [5.74, 6) is -0.511. The van der Waals surface area contributed by atoms with Gasteiger partial charge in [0.25, 0.3) is 0 Å². The van der Waals surface area contributed by atoms with Gasteiger partial charge in [0.15, 0.2) is 17.3 Å². The lowest BCUT2D eigenvalue weighted by atomic mass is 9.68. The van der Waals surface area contributed by atoms with Crippen LogP contribution in [0.4, 0.5) is 0 Å². The summed E-state index contributed by atoms with van der Waals surface area (Å²) < 4.78 is 29.3. The molecule has 11 nitrogen and oxygen atoms in total. The number of thioether (sulfide) groups is 1. The number of carbonyl (C=O) groups is 5. The summed E-state index contributed by atoms with van der Waals surface area (Å²) in [4.78, 5) is 64.7. The molecule has 1 aliphatic carbocycles. The molecule has 1 spiro atoms. The average molecular weight is 694 g/mol. The number of ketones is 3. The standard InChI is InChI=1S/C36H55NO10S/c1-23(2)12-13-29-35(6,47-29)33-32(43-7)27(14-15-36(33)22-45-36)46-31(42)18-24(38)21-48-17-9-11-26(39)25-10-8-16-37(25)30(41)20-44-19-28(40)34(3,4)5/h12,25,27,29,32-33H,8-11,13-22H2,1-7H3/t25?,27-,29-,32-,33-,35+,36+/m1/s1. The molecule has 0 bridgehead atoms. The minimum atomic E-state index is -0.560. The first-order chi connectivity index (χ1) is 22.6. The third-order valence-corrected chi connectivity index (χ3v) is 11.2. The number of esters is 1. The van der Waals surface area contributed by atoms with Gasteiger partial charge in [-0.1, -0.05) is 32.4 Å². The van der Waals surface area contributed by atoms with Crippen molar-refractivity contribution >= 4 is 41.0 Å². The van der Waals surface area contributed by atoms with Crippen LogP contribution >= 0.6 is 11.8 Å². The summed E-state index contributed by atoms with van der Waals surface area (Å²) in [5.41, 5.74) is -0.0580. The van der Waals surface area contributed by atoms with Gasteiger partial charge in [0.1, 0.15) is 43.0 Å². The monoisotopic (exact) mass is 693 g/mol. The lowest BCUT2D eigenvalue weighted by molar-refractivity contribution is -0.172. The Balaban J connectivity index is 1.15. The Labute approximate surface area is 289 Å². The van der Waals surface area contributed by atoms with Gasteiger partial charge < -0.3 is 28.6 Å². The highest BCUT2D eigenvalue weighted by atomic mass is 32.2. The van der Waals surface area contributed by atoms with Crippen LogP contribution in [-0.2, 0) is 47.7 Å². The normalized spacial score (nSPS) is 31.0. The molecule has 4 aliphatic rings. The summed E-state index contributed by atoms with van der Waals surface area (Å²) >= 11 is 1.38. The van der Waals surface area contributed by atoms with E-state index >= 15 is 0 Å². The van der Waals surface area contributed by atoms with Crippen LogP contribution in [0.3, 0.4) is 0 Å². The molecule has 0 radical (unpaired) electrons. The highest BCUT2D eigenvalue weighted by molar-refractivity contribution is 7.99.